The van der Waals surface area contributed by atoms with Crippen LogP contribution in [0.2, 0.25) is 0 Å². The summed E-state index contributed by atoms with van der Waals surface area (Å²) >= 11 is 0. The van der Waals surface area contributed by atoms with E-state index in [0.717, 1.165) is 0 Å². The summed E-state index contributed by atoms with van der Waals surface area (Å²) in [5.41, 5.74) is 3.77. The zero-order chi connectivity index (χ0) is 19.9. The molecule has 1 unspecified atom stereocenters. The number of carbonyl (C=O) groups is 2. The number of methoxy groups -OCH3 is 1. The fraction of sp³-hybridized carbons (Fsp3) is 0.158. The molecule has 0 aliphatic carbocycles. The molecule has 3 N–H and O–H groups in total. The third kappa shape index (κ3) is 4.91. The van der Waals surface area contributed by atoms with E-state index in [1.165, 1.54) is 25.5 Å². The summed E-state index contributed by atoms with van der Waals surface area (Å²) in [6.07, 6.45) is 1.33. The fourth-order valence-electron chi connectivity index (χ4n) is 2.48. The van der Waals surface area contributed by atoms with Crippen molar-refractivity contribution in [2.24, 2.45) is 10.1 Å². The molecule has 1 atom stereocenters. The highest BCUT2D eigenvalue weighted by Crippen LogP contribution is 2.23. The second kappa shape index (κ2) is 8.76. The van der Waals surface area contributed by atoms with Crippen molar-refractivity contribution >= 4 is 29.7 Å². The number of ether oxygens (including phenoxy) is 1. The lowest BCUT2D eigenvalue weighted by molar-refractivity contribution is -0.123. The summed E-state index contributed by atoms with van der Waals surface area (Å²) in [6, 6.07) is 11.8. The Hall–Kier alpha value is -3.75. The van der Waals surface area contributed by atoms with E-state index >= 15 is 0 Å². The van der Waals surface area contributed by atoms with Gasteiger partial charge in [0, 0.05) is 0 Å². The Kier molecular flexibility index (Phi) is 5.95. The van der Waals surface area contributed by atoms with Gasteiger partial charge in [-0.2, -0.15) is 5.10 Å². The summed E-state index contributed by atoms with van der Waals surface area (Å²) in [5, 5.41) is 9.14. The number of guanidine groups is 1. The quantitative estimate of drug-likeness (QED) is 0.521. The second-order valence-electron chi connectivity index (χ2n) is 5.86. The first kappa shape index (κ1) is 19.0. The third-order valence-corrected chi connectivity index (χ3v) is 3.84. The van der Waals surface area contributed by atoms with Gasteiger partial charge in [-0.3, -0.25) is 14.9 Å². The summed E-state index contributed by atoms with van der Waals surface area (Å²) in [6.45, 7) is 0. The van der Waals surface area contributed by atoms with Crippen molar-refractivity contribution in [1.29, 1.82) is 0 Å². The summed E-state index contributed by atoms with van der Waals surface area (Å²) < 4.78 is 18.0. The molecule has 2 amide bonds. The summed E-state index contributed by atoms with van der Waals surface area (Å²) in [5.74, 6) is -0.461. The number of aliphatic imine (C=N–C) groups is 1. The Balaban J connectivity index is 1.55. The van der Waals surface area contributed by atoms with Gasteiger partial charge in [-0.15, -0.1) is 0 Å². The van der Waals surface area contributed by atoms with Gasteiger partial charge in [0.1, 0.15) is 17.6 Å². The molecule has 28 heavy (non-hydrogen) atoms. The van der Waals surface area contributed by atoms with Crippen molar-refractivity contribution in [3.63, 3.8) is 0 Å². The van der Waals surface area contributed by atoms with E-state index in [4.69, 9.17) is 4.74 Å². The average Bonchev–Trinajstić information content (AvgIpc) is 3.03. The first-order chi connectivity index (χ1) is 13.5. The molecule has 1 aliphatic heterocycles. The molecule has 144 valence electrons. The van der Waals surface area contributed by atoms with Crippen LogP contribution in [0.3, 0.4) is 0 Å². The molecule has 0 fully saturated rings. The van der Waals surface area contributed by atoms with Crippen LogP contribution in [0.1, 0.15) is 12.0 Å². The second-order valence-corrected chi connectivity index (χ2v) is 5.86. The summed E-state index contributed by atoms with van der Waals surface area (Å²) in [4.78, 5) is 28.3. The third-order valence-electron chi connectivity index (χ3n) is 3.84. The predicted molar refractivity (Wildman–Crippen MR) is 103 cm³/mol. The molecule has 0 bridgehead atoms. The van der Waals surface area contributed by atoms with Crippen LogP contribution in [0.25, 0.3) is 0 Å². The minimum absolute atomic E-state index is 0.128. The summed E-state index contributed by atoms with van der Waals surface area (Å²) in [7, 11) is 1.50. The Morgan fingerprint density at radius 2 is 2.04 bits per heavy atom. The van der Waals surface area contributed by atoms with Crippen LogP contribution >= 0.6 is 0 Å². The molecule has 0 radical (unpaired) electrons. The Bertz CT molecular complexity index is 927. The van der Waals surface area contributed by atoms with E-state index in [9.17, 15) is 14.0 Å². The molecular weight excluding hydrogens is 365 g/mol. The number of rotatable bonds is 6. The van der Waals surface area contributed by atoms with Crippen LogP contribution in [0.4, 0.5) is 10.1 Å². The van der Waals surface area contributed by atoms with E-state index in [0.29, 0.717) is 17.0 Å². The number of hydrogen-bond donors (Lipinski definition) is 3. The molecule has 0 saturated heterocycles. The van der Waals surface area contributed by atoms with E-state index in [1.807, 2.05) is 0 Å². The molecule has 8 nitrogen and oxygen atoms in total. The Morgan fingerprint density at radius 1 is 1.29 bits per heavy atom. The number of para-hydroxylation sites is 2. The van der Waals surface area contributed by atoms with Gasteiger partial charge in [-0.25, -0.2) is 14.8 Å². The lowest BCUT2D eigenvalue weighted by atomic mass is 10.2. The highest BCUT2D eigenvalue weighted by molar-refractivity contribution is 6.07. The molecule has 2 aromatic rings. The topological polar surface area (TPSA) is 104 Å². The fourth-order valence-corrected chi connectivity index (χ4v) is 2.48. The van der Waals surface area contributed by atoms with Gasteiger partial charge >= 0.3 is 0 Å². The Labute approximate surface area is 160 Å². The molecule has 0 aromatic heterocycles. The average molecular weight is 383 g/mol. The van der Waals surface area contributed by atoms with Crippen LogP contribution < -0.4 is 20.8 Å². The van der Waals surface area contributed by atoms with E-state index in [-0.39, 0.29) is 24.1 Å². The van der Waals surface area contributed by atoms with E-state index < -0.39 is 11.9 Å². The maximum atomic E-state index is 12.9. The number of carbonyl (C=O) groups excluding carboxylic acids is 2. The number of anilines is 1. The van der Waals surface area contributed by atoms with Crippen LogP contribution in [0.5, 0.6) is 5.75 Å². The van der Waals surface area contributed by atoms with Crippen molar-refractivity contribution in [2.75, 3.05) is 12.4 Å². The monoisotopic (exact) mass is 383 g/mol. The van der Waals surface area contributed by atoms with Crippen LogP contribution in [0, 0.1) is 5.82 Å². The van der Waals surface area contributed by atoms with Crippen LogP contribution in [-0.2, 0) is 9.59 Å². The lowest BCUT2D eigenvalue weighted by Gasteiger charge is -2.10. The first-order valence-corrected chi connectivity index (χ1v) is 8.41. The van der Waals surface area contributed by atoms with Gasteiger partial charge in [0.05, 0.1) is 25.4 Å². The highest BCUT2D eigenvalue weighted by atomic mass is 19.1. The standard InChI is InChI=1S/C19H18FN5O3/c1-28-16-5-3-2-4-14(16)22-17(26)10-15-18(27)24-19(23-15)25-21-11-12-6-8-13(20)9-7-12/h2-9,11,15H,10H2,1H3,(H,22,26)(H2,23,24,25,27)/b21-11+. The number of nitrogens with one attached hydrogen (secondary N) is 3. The number of halogens is 1. The Morgan fingerprint density at radius 3 is 2.79 bits per heavy atom. The molecule has 0 spiro atoms. The maximum Gasteiger partial charge on any atom is 0.252 e. The van der Waals surface area contributed by atoms with Gasteiger partial charge in [0.2, 0.25) is 11.9 Å². The number of hydrazone groups is 1. The number of benzene rings is 2. The zero-order valence-corrected chi connectivity index (χ0v) is 15.0. The molecule has 3 rings (SSSR count). The predicted octanol–water partition coefficient (Wildman–Crippen LogP) is 1.64. The minimum Gasteiger partial charge on any atom is -0.495 e. The molecule has 9 heteroatoms. The minimum atomic E-state index is -0.863. The molecule has 2 aromatic carbocycles. The number of nitrogens with zero attached hydrogens (tertiary/aromatic N) is 2. The normalized spacial score (nSPS) is 15.9. The highest BCUT2D eigenvalue weighted by Gasteiger charge is 2.28. The van der Waals surface area contributed by atoms with Crippen LogP contribution in [-0.4, -0.2) is 37.1 Å². The van der Waals surface area contributed by atoms with Crippen molar-refractivity contribution in [1.82, 2.24) is 10.7 Å². The molecule has 1 heterocycles. The maximum absolute atomic E-state index is 12.9. The first-order valence-electron chi connectivity index (χ1n) is 8.41. The number of hydrogen-bond acceptors (Lipinski definition) is 6. The van der Waals surface area contributed by atoms with Gasteiger partial charge in [0.15, 0.2) is 0 Å². The van der Waals surface area contributed by atoms with E-state index in [1.54, 1.807) is 36.4 Å². The van der Waals surface area contributed by atoms with Gasteiger partial charge in [-0.05, 0) is 29.8 Å². The van der Waals surface area contributed by atoms with Crippen molar-refractivity contribution in [3.05, 3.63) is 59.9 Å². The van der Waals surface area contributed by atoms with Crippen molar-refractivity contribution < 1.29 is 18.7 Å². The van der Waals surface area contributed by atoms with Gasteiger partial charge < -0.3 is 10.1 Å². The largest absolute Gasteiger partial charge is 0.495 e. The van der Waals surface area contributed by atoms with Gasteiger partial charge in [0.25, 0.3) is 5.91 Å². The number of amides is 2. The zero-order valence-electron chi connectivity index (χ0n) is 15.0. The molecule has 0 saturated carbocycles. The lowest BCUT2D eigenvalue weighted by Crippen LogP contribution is -2.35. The van der Waals surface area contributed by atoms with E-state index in [2.05, 4.69) is 26.2 Å². The van der Waals surface area contributed by atoms with Gasteiger partial charge in [-0.1, -0.05) is 24.3 Å². The van der Waals surface area contributed by atoms with Crippen molar-refractivity contribution in [2.45, 2.75) is 12.5 Å². The molecule has 1 aliphatic rings. The van der Waals surface area contributed by atoms with Crippen molar-refractivity contribution in [3.8, 4) is 5.75 Å². The smallest absolute Gasteiger partial charge is 0.252 e. The van der Waals surface area contributed by atoms with Crippen LogP contribution in [0.15, 0.2) is 58.6 Å². The molecular formula is C19H18FN5O3. The SMILES string of the molecule is COc1ccccc1NC(=O)CC1N=C(N/N=C/c2ccc(F)cc2)NC1=O.